The maximum Gasteiger partial charge on any atom is 0.306 e. The molecule has 0 saturated carbocycles. The van der Waals surface area contributed by atoms with Crippen molar-refractivity contribution in [2.45, 2.75) is 64.8 Å². The molecule has 3 rings (SSSR count). The van der Waals surface area contributed by atoms with E-state index in [1.807, 2.05) is 0 Å². The van der Waals surface area contributed by atoms with Gasteiger partial charge in [0.15, 0.2) is 0 Å². The third-order valence-corrected chi connectivity index (χ3v) is 5.87. The van der Waals surface area contributed by atoms with Gasteiger partial charge < -0.3 is 4.74 Å². The molecule has 1 aromatic carbocycles. The summed E-state index contributed by atoms with van der Waals surface area (Å²) < 4.78 is 5.70. The first-order valence-corrected chi connectivity index (χ1v) is 10.1. The van der Waals surface area contributed by atoms with Crippen molar-refractivity contribution >= 4 is 5.97 Å². The zero-order valence-electron chi connectivity index (χ0n) is 15.9. The second-order valence-corrected chi connectivity index (χ2v) is 8.19. The molecular formula is C22H33NO2. The molecule has 0 bridgehead atoms. The van der Waals surface area contributed by atoms with Gasteiger partial charge in [0.1, 0.15) is 0 Å². The van der Waals surface area contributed by atoms with Crippen LogP contribution in [0.25, 0.3) is 0 Å². The lowest BCUT2D eigenvalue weighted by Crippen LogP contribution is -2.49. The number of benzene rings is 1. The third-order valence-electron chi connectivity index (χ3n) is 5.87. The topological polar surface area (TPSA) is 29.5 Å². The summed E-state index contributed by atoms with van der Waals surface area (Å²) in [5.41, 5.74) is 2.59. The molecule has 0 amide bonds. The molecule has 2 heterocycles. The molecular weight excluding hydrogens is 310 g/mol. The highest BCUT2D eigenvalue weighted by atomic mass is 16.5. The molecule has 0 aromatic heterocycles. The van der Waals surface area contributed by atoms with E-state index in [-0.39, 0.29) is 5.97 Å². The zero-order chi connectivity index (χ0) is 17.6. The maximum atomic E-state index is 12.3. The highest BCUT2D eigenvalue weighted by molar-refractivity contribution is 5.69. The van der Waals surface area contributed by atoms with E-state index >= 15 is 0 Å². The Morgan fingerprint density at radius 1 is 1.24 bits per heavy atom. The molecule has 3 nitrogen and oxygen atoms in total. The molecule has 2 fully saturated rings. The number of piperidine rings is 2. The van der Waals surface area contributed by atoms with Crippen LogP contribution in [0.4, 0.5) is 0 Å². The highest BCUT2D eigenvalue weighted by Gasteiger charge is 2.33. The Bertz CT molecular complexity index is 569. The van der Waals surface area contributed by atoms with Gasteiger partial charge in [-0.3, -0.25) is 9.69 Å². The number of ether oxygens (including phenoxy) is 1. The summed E-state index contributed by atoms with van der Waals surface area (Å²) in [6.07, 6.45) is 7.88. The SMILES string of the molecule is Cc1cccc(CC(C)CC(=O)OC[C@@H]2CCCN3CCCC[C@H]23)c1. The lowest BCUT2D eigenvalue weighted by atomic mass is 9.84. The number of carbonyl (C=O) groups excluding carboxylic acids is 1. The molecule has 2 saturated heterocycles. The normalized spacial score (nSPS) is 25.2. The number of fused-ring (bicyclic) bond motifs is 1. The van der Waals surface area contributed by atoms with Gasteiger partial charge in [-0.2, -0.15) is 0 Å². The lowest BCUT2D eigenvalue weighted by molar-refractivity contribution is -0.147. The quantitative estimate of drug-likeness (QED) is 0.718. The van der Waals surface area contributed by atoms with Gasteiger partial charge in [-0.1, -0.05) is 43.2 Å². The van der Waals surface area contributed by atoms with E-state index < -0.39 is 0 Å². The Morgan fingerprint density at radius 3 is 2.92 bits per heavy atom. The second-order valence-electron chi connectivity index (χ2n) is 8.19. The minimum absolute atomic E-state index is 0.0203. The van der Waals surface area contributed by atoms with E-state index in [1.165, 1.54) is 56.3 Å². The van der Waals surface area contributed by atoms with Crippen LogP contribution in [0.3, 0.4) is 0 Å². The molecule has 0 spiro atoms. The van der Waals surface area contributed by atoms with Crippen molar-refractivity contribution in [3.63, 3.8) is 0 Å². The van der Waals surface area contributed by atoms with Crippen LogP contribution in [0.1, 0.15) is 56.6 Å². The van der Waals surface area contributed by atoms with Crippen molar-refractivity contribution in [3.05, 3.63) is 35.4 Å². The average molecular weight is 344 g/mol. The molecule has 2 aliphatic rings. The molecule has 138 valence electrons. The first kappa shape index (κ1) is 18.4. The minimum atomic E-state index is -0.0203. The van der Waals surface area contributed by atoms with Crippen LogP contribution >= 0.6 is 0 Å². The van der Waals surface area contributed by atoms with Crippen molar-refractivity contribution in [3.8, 4) is 0 Å². The Balaban J connectivity index is 1.42. The first-order chi connectivity index (χ1) is 12.1. The van der Waals surface area contributed by atoms with Crippen LogP contribution in [0.5, 0.6) is 0 Å². The Hall–Kier alpha value is -1.35. The summed E-state index contributed by atoms with van der Waals surface area (Å²) in [7, 11) is 0. The Kier molecular flexibility index (Phi) is 6.52. The Morgan fingerprint density at radius 2 is 2.08 bits per heavy atom. The van der Waals surface area contributed by atoms with Crippen LogP contribution in [0.2, 0.25) is 0 Å². The average Bonchev–Trinajstić information content (AvgIpc) is 2.59. The van der Waals surface area contributed by atoms with Crippen LogP contribution in [-0.2, 0) is 16.0 Å². The maximum absolute atomic E-state index is 12.3. The van der Waals surface area contributed by atoms with Gasteiger partial charge in [0.2, 0.25) is 0 Å². The van der Waals surface area contributed by atoms with Crippen molar-refractivity contribution in [1.29, 1.82) is 0 Å². The van der Waals surface area contributed by atoms with E-state index in [4.69, 9.17) is 4.74 Å². The largest absolute Gasteiger partial charge is 0.465 e. The summed E-state index contributed by atoms with van der Waals surface area (Å²) in [6.45, 7) is 7.36. The molecule has 0 N–H and O–H groups in total. The minimum Gasteiger partial charge on any atom is -0.465 e. The predicted octanol–water partition coefficient (Wildman–Crippen LogP) is 4.37. The van der Waals surface area contributed by atoms with E-state index in [1.54, 1.807) is 0 Å². The van der Waals surface area contributed by atoms with Crippen LogP contribution in [-0.4, -0.2) is 36.6 Å². The fourth-order valence-electron chi connectivity index (χ4n) is 4.63. The summed E-state index contributed by atoms with van der Waals surface area (Å²) in [5.74, 6) is 0.852. The van der Waals surface area contributed by atoms with E-state index in [2.05, 4.69) is 43.0 Å². The van der Waals surface area contributed by atoms with Gasteiger partial charge in [0.05, 0.1) is 6.61 Å². The standard InChI is InChI=1S/C22H33NO2/c1-17-7-5-8-19(13-17)14-18(2)15-22(24)25-16-20-9-6-12-23-11-4-3-10-21(20)23/h5,7-8,13,18,20-21H,3-4,6,9-12,14-16H2,1-2H3/t18?,20-,21+/m0/s1. The number of aryl methyl sites for hydroxylation is 1. The fourth-order valence-corrected chi connectivity index (χ4v) is 4.63. The van der Waals surface area contributed by atoms with E-state index in [9.17, 15) is 4.79 Å². The number of nitrogens with zero attached hydrogens (tertiary/aromatic N) is 1. The molecule has 0 radical (unpaired) electrons. The molecule has 1 aromatic rings. The van der Waals surface area contributed by atoms with Gasteiger partial charge in [0.25, 0.3) is 0 Å². The smallest absolute Gasteiger partial charge is 0.306 e. The van der Waals surface area contributed by atoms with Gasteiger partial charge >= 0.3 is 5.97 Å². The van der Waals surface area contributed by atoms with Crippen LogP contribution in [0, 0.1) is 18.8 Å². The number of hydrogen-bond donors (Lipinski definition) is 0. The van der Waals surface area contributed by atoms with Gasteiger partial charge in [-0.05, 0) is 63.6 Å². The van der Waals surface area contributed by atoms with Crippen LogP contribution in [0.15, 0.2) is 24.3 Å². The molecule has 3 atom stereocenters. The van der Waals surface area contributed by atoms with Crippen LogP contribution < -0.4 is 0 Å². The van der Waals surface area contributed by atoms with Crippen molar-refractivity contribution < 1.29 is 9.53 Å². The summed E-state index contributed by atoms with van der Waals surface area (Å²) >= 11 is 0. The second kappa shape index (κ2) is 8.84. The molecule has 25 heavy (non-hydrogen) atoms. The molecule has 1 unspecified atom stereocenters. The Labute approximate surface area is 152 Å². The summed E-state index contributed by atoms with van der Waals surface area (Å²) in [4.78, 5) is 14.9. The summed E-state index contributed by atoms with van der Waals surface area (Å²) in [6, 6.07) is 9.21. The monoisotopic (exact) mass is 343 g/mol. The third kappa shape index (κ3) is 5.31. The van der Waals surface area contributed by atoms with Gasteiger partial charge in [-0.25, -0.2) is 0 Å². The molecule has 3 heteroatoms. The van der Waals surface area contributed by atoms with Gasteiger partial charge in [-0.15, -0.1) is 0 Å². The lowest BCUT2D eigenvalue weighted by Gasteiger charge is -2.44. The number of rotatable bonds is 6. The first-order valence-electron chi connectivity index (χ1n) is 10.1. The number of hydrogen-bond acceptors (Lipinski definition) is 3. The van der Waals surface area contributed by atoms with Crippen molar-refractivity contribution in [1.82, 2.24) is 4.90 Å². The summed E-state index contributed by atoms with van der Waals surface area (Å²) in [5, 5.41) is 0. The van der Waals surface area contributed by atoms with Gasteiger partial charge in [0, 0.05) is 18.4 Å². The van der Waals surface area contributed by atoms with Crippen molar-refractivity contribution in [2.24, 2.45) is 11.8 Å². The number of esters is 1. The van der Waals surface area contributed by atoms with E-state index in [0.29, 0.717) is 30.9 Å². The number of carbonyl (C=O) groups is 1. The molecule has 0 aliphatic carbocycles. The predicted molar refractivity (Wildman–Crippen MR) is 102 cm³/mol. The highest BCUT2D eigenvalue weighted by Crippen LogP contribution is 2.31. The van der Waals surface area contributed by atoms with E-state index in [0.717, 1.165) is 6.42 Å². The fraction of sp³-hybridized carbons (Fsp3) is 0.682. The zero-order valence-corrected chi connectivity index (χ0v) is 15.9. The van der Waals surface area contributed by atoms with Crippen molar-refractivity contribution in [2.75, 3.05) is 19.7 Å². The molecule has 2 aliphatic heterocycles.